The zero-order valence-electron chi connectivity index (χ0n) is 18.4. The van der Waals surface area contributed by atoms with E-state index in [2.05, 4.69) is 15.1 Å². The number of H-pyrrole nitrogens is 1. The first kappa shape index (κ1) is 21.1. The van der Waals surface area contributed by atoms with Gasteiger partial charge < -0.3 is 9.47 Å². The molecule has 0 amide bonds. The third-order valence-electron chi connectivity index (χ3n) is 5.12. The molecule has 2 aromatic carbocycles. The molecule has 0 fully saturated rings. The third-order valence-corrected chi connectivity index (χ3v) is 5.12. The molecule has 0 saturated carbocycles. The summed E-state index contributed by atoms with van der Waals surface area (Å²) < 4.78 is 12.0. The van der Waals surface area contributed by atoms with Crippen LogP contribution in [0.4, 0.5) is 5.82 Å². The number of benzene rings is 2. The van der Waals surface area contributed by atoms with Crippen molar-refractivity contribution >= 4 is 11.5 Å². The number of aliphatic imine (C=N–C) groups is 1. The summed E-state index contributed by atoms with van der Waals surface area (Å²) in [5, 5.41) is 3.26. The first-order valence-electron chi connectivity index (χ1n) is 10.1. The van der Waals surface area contributed by atoms with Crippen LogP contribution >= 0.6 is 0 Å². The Kier molecular flexibility index (Phi) is 5.89. The number of nitrogens with zero attached hydrogens (tertiary/aromatic N) is 3. The lowest BCUT2D eigenvalue weighted by atomic mass is 10.0. The van der Waals surface area contributed by atoms with Crippen LogP contribution in [0.1, 0.15) is 18.2 Å². The molecule has 4 aromatic rings. The van der Waals surface area contributed by atoms with E-state index in [1.807, 2.05) is 80.6 Å². The van der Waals surface area contributed by atoms with Gasteiger partial charge >= 0.3 is 0 Å². The van der Waals surface area contributed by atoms with E-state index in [4.69, 9.17) is 9.47 Å². The van der Waals surface area contributed by atoms with E-state index in [0.29, 0.717) is 34.2 Å². The lowest BCUT2D eigenvalue weighted by Gasteiger charge is -2.05. The molecule has 0 saturated heterocycles. The average molecular weight is 428 g/mol. The highest BCUT2D eigenvalue weighted by molar-refractivity contribution is 6.04. The van der Waals surface area contributed by atoms with Gasteiger partial charge in [0.1, 0.15) is 11.5 Å². The molecule has 0 spiro atoms. The van der Waals surface area contributed by atoms with Gasteiger partial charge in [0.2, 0.25) is 0 Å². The van der Waals surface area contributed by atoms with Crippen LogP contribution in [-0.2, 0) is 0 Å². The number of aromatic nitrogens is 3. The summed E-state index contributed by atoms with van der Waals surface area (Å²) in [6, 6.07) is 20.4. The second-order valence-electron chi connectivity index (χ2n) is 7.26. The minimum Gasteiger partial charge on any atom is -0.497 e. The highest BCUT2D eigenvalue weighted by atomic mass is 16.5. The Morgan fingerprint density at radius 2 is 1.56 bits per heavy atom. The molecular weight excluding hydrogens is 404 g/mol. The van der Waals surface area contributed by atoms with Crippen LogP contribution in [-0.4, -0.2) is 34.7 Å². The van der Waals surface area contributed by atoms with E-state index in [9.17, 15) is 4.79 Å². The van der Waals surface area contributed by atoms with Crippen molar-refractivity contribution in [1.29, 1.82) is 0 Å². The SMILES string of the molecule is COc1ccc(-c2[nH]n(-c3ccc(OC)cc3)c(=O)c2C(C)=Nc2cccc(C)n2)cc1. The maximum atomic E-state index is 13.5. The lowest BCUT2D eigenvalue weighted by molar-refractivity contribution is 0.414. The van der Waals surface area contributed by atoms with Gasteiger partial charge in [-0.15, -0.1) is 0 Å². The van der Waals surface area contributed by atoms with Crippen molar-refractivity contribution in [2.45, 2.75) is 13.8 Å². The van der Waals surface area contributed by atoms with Gasteiger partial charge in [-0.2, -0.15) is 0 Å². The Bertz CT molecular complexity index is 1320. The van der Waals surface area contributed by atoms with Gasteiger partial charge in [0.15, 0.2) is 5.82 Å². The summed E-state index contributed by atoms with van der Waals surface area (Å²) in [5.74, 6) is 2.01. The largest absolute Gasteiger partial charge is 0.497 e. The van der Waals surface area contributed by atoms with Crippen molar-refractivity contribution in [1.82, 2.24) is 14.8 Å². The van der Waals surface area contributed by atoms with Crippen molar-refractivity contribution < 1.29 is 9.47 Å². The van der Waals surface area contributed by atoms with Crippen molar-refractivity contribution in [2.24, 2.45) is 4.99 Å². The minimum absolute atomic E-state index is 0.199. The molecule has 2 aromatic heterocycles. The maximum absolute atomic E-state index is 13.5. The maximum Gasteiger partial charge on any atom is 0.280 e. The average Bonchev–Trinajstić information content (AvgIpc) is 3.16. The normalized spacial score (nSPS) is 11.4. The zero-order chi connectivity index (χ0) is 22.7. The minimum atomic E-state index is -0.199. The summed E-state index contributed by atoms with van der Waals surface area (Å²) in [7, 11) is 3.23. The molecule has 32 heavy (non-hydrogen) atoms. The Balaban J connectivity index is 1.89. The van der Waals surface area contributed by atoms with Crippen LogP contribution in [0.25, 0.3) is 16.9 Å². The van der Waals surface area contributed by atoms with Crippen molar-refractivity contribution in [3.8, 4) is 28.4 Å². The van der Waals surface area contributed by atoms with Crippen LogP contribution in [0.15, 0.2) is 76.5 Å². The van der Waals surface area contributed by atoms with Gasteiger partial charge in [0, 0.05) is 11.3 Å². The summed E-state index contributed by atoms with van der Waals surface area (Å²) in [6.45, 7) is 3.73. The number of aryl methyl sites for hydroxylation is 1. The quantitative estimate of drug-likeness (QED) is 0.452. The van der Waals surface area contributed by atoms with E-state index in [1.54, 1.807) is 14.2 Å². The van der Waals surface area contributed by atoms with Gasteiger partial charge in [-0.25, -0.2) is 14.7 Å². The Labute approximate surface area is 186 Å². The van der Waals surface area contributed by atoms with Crippen LogP contribution in [0.2, 0.25) is 0 Å². The van der Waals surface area contributed by atoms with Gasteiger partial charge in [-0.3, -0.25) is 9.89 Å². The molecule has 0 bridgehead atoms. The Morgan fingerprint density at radius 3 is 2.16 bits per heavy atom. The highest BCUT2D eigenvalue weighted by Gasteiger charge is 2.19. The number of methoxy groups -OCH3 is 2. The summed E-state index contributed by atoms with van der Waals surface area (Å²) >= 11 is 0. The monoisotopic (exact) mass is 428 g/mol. The predicted molar refractivity (Wildman–Crippen MR) is 126 cm³/mol. The molecule has 4 rings (SSSR count). The van der Waals surface area contributed by atoms with E-state index in [1.165, 1.54) is 4.68 Å². The Hall–Kier alpha value is -4.13. The number of rotatable bonds is 6. The second-order valence-corrected chi connectivity index (χ2v) is 7.26. The molecule has 1 N–H and O–H groups in total. The summed E-state index contributed by atoms with van der Waals surface area (Å²) in [5.41, 5.74) is 3.92. The second kappa shape index (κ2) is 8.93. The van der Waals surface area contributed by atoms with Gasteiger partial charge in [-0.1, -0.05) is 6.07 Å². The zero-order valence-corrected chi connectivity index (χ0v) is 18.4. The van der Waals surface area contributed by atoms with E-state index >= 15 is 0 Å². The molecule has 0 radical (unpaired) electrons. The molecule has 7 nitrogen and oxygen atoms in total. The van der Waals surface area contributed by atoms with Gasteiger partial charge in [0.25, 0.3) is 5.56 Å². The lowest BCUT2D eigenvalue weighted by Crippen LogP contribution is -2.19. The smallest absolute Gasteiger partial charge is 0.280 e. The van der Waals surface area contributed by atoms with Gasteiger partial charge in [-0.05, 0) is 74.5 Å². The fourth-order valence-electron chi connectivity index (χ4n) is 3.47. The molecule has 0 aliphatic heterocycles. The van der Waals surface area contributed by atoms with Crippen LogP contribution in [0, 0.1) is 6.92 Å². The molecular formula is C25H24N4O3. The van der Waals surface area contributed by atoms with Gasteiger partial charge in [0.05, 0.1) is 36.9 Å². The first-order valence-corrected chi connectivity index (χ1v) is 10.1. The van der Waals surface area contributed by atoms with Crippen LogP contribution in [0.5, 0.6) is 11.5 Å². The van der Waals surface area contributed by atoms with Crippen molar-refractivity contribution in [2.75, 3.05) is 14.2 Å². The molecule has 2 heterocycles. The predicted octanol–water partition coefficient (Wildman–Crippen LogP) is 4.69. The number of ether oxygens (including phenoxy) is 2. The topological polar surface area (TPSA) is 81.5 Å². The number of hydrogen-bond acceptors (Lipinski definition) is 5. The van der Waals surface area contributed by atoms with Crippen molar-refractivity contribution in [3.63, 3.8) is 0 Å². The molecule has 0 aliphatic carbocycles. The van der Waals surface area contributed by atoms with E-state index in [0.717, 1.165) is 17.0 Å². The fourth-order valence-corrected chi connectivity index (χ4v) is 3.47. The summed E-state index contributed by atoms with van der Waals surface area (Å²) in [4.78, 5) is 22.6. The van der Waals surface area contributed by atoms with E-state index in [-0.39, 0.29) is 5.56 Å². The molecule has 0 unspecified atom stereocenters. The van der Waals surface area contributed by atoms with Crippen LogP contribution < -0.4 is 15.0 Å². The number of aromatic amines is 1. The summed E-state index contributed by atoms with van der Waals surface area (Å²) in [6.07, 6.45) is 0. The molecule has 0 atom stereocenters. The molecule has 7 heteroatoms. The fraction of sp³-hybridized carbons (Fsp3) is 0.160. The molecule has 0 aliphatic rings. The highest BCUT2D eigenvalue weighted by Crippen LogP contribution is 2.25. The van der Waals surface area contributed by atoms with Crippen LogP contribution in [0.3, 0.4) is 0 Å². The third kappa shape index (κ3) is 4.18. The number of pyridine rings is 1. The number of nitrogens with one attached hydrogen (secondary N) is 1. The molecule has 162 valence electrons. The number of hydrogen-bond donors (Lipinski definition) is 1. The Morgan fingerprint density at radius 1 is 0.938 bits per heavy atom. The first-order chi connectivity index (χ1) is 15.5. The van der Waals surface area contributed by atoms with Crippen molar-refractivity contribution in [3.05, 3.63) is 88.3 Å². The standard InChI is InChI=1S/C25H24N4O3/c1-16-6-5-7-22(26-16)27-17(2)23-24(18-8-12-20(31-3)13-9-18)28-29(25(23)30)19-10-14-21(32-4)15-11-19/h5-15,28H,1-4H3. The van der Waals surface area contributed by atoms with E-state index < -0.39 is 0 Å².